The van der Waals surface area contributed by atoms with Crippen LogP contribution in [0.4, 0.5) is 13.2 Å². The Morgan fingerprint density at radius 2 is 1.88 bits per heavy atom. The Labute approximate surface area is 140 Å². The molecule has 3 aromatic heterocycles. The van der Waals surface area contributed by atoms with E-state index in [2.05, 4.69) is 9.97 Å². The zero-order valence-corrected chi connectivity index (χ0v) is 13.5. The summed E-state index contributed by atoms with van der Waals surface area (Å²) in [7, 11) is -3.29. The van der Waals surface area contributed by atoms with Crippen molar-refractivity contribution in [1.29, 1.82) is 0 Å². The third-order valence-electron chi connectivity index (χ3n) is 3.36. The van der Waals surface area contributed by atoms with E-state index in [1.165, 1.54) is 12.1 Å². The quantitative estimate of drug-likeness (QED) is 0.661. The molecule has 0 atom stereocenters. The molecule has 0 aliphatic rings. The molecule has 130 valence electrons. The summed E-state index contributed by atoms with van der Waals surface area (Å²) < 4.78 is 72.2. The van der Waals surface area contributed by atoms with E-state index in [0.29, 0.717) is 10.2 Å². The van der Waals surface area contributed by atoms with Crippen LogP contribution >= 0.6 is 0 Å². The summed E-state index contributed by atoms with van der Waals surface area (Å²) in [6.07, 6.45) is 2.71. The van der Waals surface area contributed by atoms with Gasteiger partial charge in [0.25, 0.3) is 10.0 Å². The molecule has 0 saturated carbocycles. The fourth-order valence-electron chi connectivity index (χ4n) is 2.20. The molecule has 0 radical (unpaired) electrons. The van der Waals surface area contributed by atoms with Crippen molar-refractivity contribution < 1.29 is 26.3 Å². The van der Waals surface area contributed by atoms with Crippen LogP contribution in [-0.2, 0) is 10.0 Å². The Morgan fingerprint density at radius 3 is 2.56 bits per heavy atom. The van der Waals surface area contributed by atoms with E-state index >= 15 is 0 Å². The Kier molecular flexibility index (Phi) is 4.21. The lowest BCUT2D eigenvalue weighted by Crippen LogP contribution is -2.16. The SMILES string of the molecule is COc1cc(S(=O)(=O)n2ccc(F)c2-c2cccnc2F)ncc1F. The molecule has 3 aromatic rings. The van der Waals surface area contributed by atoms with Gasteiger partial charge in [0.1, 0.15) is 11.5 Å². The molecule has 25 heavy (non-hydrogen) atoms. The van der Waals surface area contributed by atoms with Crippen LogP contribution in [0.15, 0.2) is 47.9 Å². The largest absolute Gasteiger partial charge is 0.494 e. The van der Waals surface area contributed by atoms with Crippen LogP contribution < -0.4 is 4.74 Å². The molecule has 3 heterocycles. The predicted molar refractivity (Wildman–Crippen MR) is 80.9 cm³/mol. The van der Waals surface area contributed by atoms with E-state index in [9.17, 15) is 21.6 Å². The number of pyridine rings is 2. The maximum absolute atomic E-state index is 14.1. The zero-order chi connectivity index (χ0) is 18.2. The summed E-state index contributed by atoms with van der Waals surface area (Å²) in [5.41, 5.74) is -0.890. The molecular formula is C15H10F3N3O3S. The van der Waals surface area contributed by atoms with Crippen molar-refractivity contribution >= 4 is 10.0 Å². The van der Waals surface area contributed by atoms with Crippen LogP contribution in [0.3, 0.4) is 0 Å². The van der Waals surface area contributed by atoms with Crippen molar-refractivity contribution in [3.8, 4) is 17.0 Å². The monoisotopic (exact) mass is 369 g/mol. The molecule has 0 bridgehead atoms. The molecule has 10 heteroatoms. The Bertz CT molecular complexity index is 1050. The molecule has 0 aliphatic heterocycles. The van der Waals surface area contributed by atoms with Crippen LogP contribution in [0.1, 0.15) is 0 Å². The molecule has 0 amide bonds. The standard InChI is InChI=1S/C15H10F3N3O3S/c1-24-12-7-13(20-8-11(12)17)25(22,23)21-6-4-10(16)14(21)9-3-2-5-19-15(9)18/h2-8H,1H3. The van der Waals surface area contributed by atoms with Gasteiger partial charge in [-0.2, -0.15) is 12.8 Å². The van der Waals surface area contributed by atoms with E-state index < -0.39 is 38.3 Å². The number of methoxy groups -OCH3 is 1. The van der Waals surface area contributed by atoms with E-state index in [4.69, 9.17) is 4.74 Å². The Hall–Kier alpha value is -2.88. The van der Waals surface area contributed by atoms with Crippen molar-refractivity contribution in [3.63, 3.8) is 0 Å². The van der Waals surface area contributed by atoms with Crippen LogP contribution in [0.2, 0.25) is 0 Å². The maximum atomic E-state index is 14.1. The van der Waals surface area contributed by atoms with Gasteiger partial charge in [-0.25, -0.2) is 22.7 Å². The first-order valence-electron chi connectivity index (χ1n) is 6.79. The Balaban J connectivity index is 2.22. The first-order chi connectivity index (χ1) is 11.9. The van der Waals surface area contributed by atoms with Gasteiger partial charge in [-0.05, 0) is 18.2 Å². The smallest absolute Gasteiger partial charge is 0.285 e. The van der Waals surface area contributed by atoms with Gasteiger partial charge in [0.05, 0.1) is 18.9 Å². The predicted octanol–water partition coefficient (Wildman–Crippen LogP) is 2.61. The molecule has 0 spiro atoms. The minimum atomic E-state index is -4.44. The second-order valence-electron chi connectivity index (χ2n) is 4.81. The van der Waals surface area contributed by atoms with Gasteiger partial charge in [-0.1, -0.05) is 0 Å². The summed E-state index contributed by atoms with van der Waals surface area (Å²) in [4.78, 5) is 6.89. The molecule has 6 nitrogen and oxygen atoms in total. The number of nitrogens with zero attached hydrogens (tertiary/aromatic N) is 3. The second-order valence-corrected chi connectivity index (χ2v) is 6.57. The van der Waals surface area contributed by atoms with Gasteiger partial charge < -0.3 is 4.74 Å². The van der Waals surface area contributed by atoms with Crippen molar-refractivity contribution in [2.75, 3.05) is 7.11 Å². The summed E-state index contributed by atoms with van der Waals surface area (Å²) in [6.45, 7) is 0. The highest BCUT2D eigenvalue weighted by Crippen LogP contribution is 2.29. The lowest BCUT2D eigenvalue weighted by Gasteiger charge is -2.11. The second kappa shape index (κ2) is 6.20. The summed E-state index contributed by atoms with van der Waals surface area (Å²) in [6, 6.07) is 4.23. The molecule has 0 unspecified atom stereocenters. The van der Waals surface area contributed by atoms with E-state index in [1.807, 2.05) is 0 Å². The summed E-state index contributed by atoms with van der Waals surface area (Å²) in [5, 5.41) is -0.591. The van der Waals surface area contributed by atoms with Crippen molar-refractivity contribution in [1.82, 2.24) is 13.9 Å². The summed E-state index contributed by atoms with van der Waals surface area (Å²) in [5.74, 6) is -3.22. The molecule has 0 aliphatic carbocycles. The molecule has 3 rings (SSSR count). The molecule has 0 aromatic carbocycles. The highest BCUT2D eigenvalue weighted by molar-refractivity contribution is 7.90. The van der Waals surface area contributed by atoms with Gasteiger partial charge in [0, 0.05) is 18.5 Å². The van der Waals surface area contributed by atoms with Crippen molar-refractivity contribution in [2.24, 2.45) is 0 Å². The van der Waals surface area contributed by atoms with Crippen LogP contribution in [0.25, 0.3) is 11.3 Å². The zero-order valence-electron chi connectivity index (χ0n) is 12.6. The number of hydrogen-bond acceptors (Lipinski definition) is 5. The van der Waals surface area contributed by atoms with Gasteiger partial charge in [0.15, 0.2) is 16.6 Å². The molecule has 0 saturated heterocycles. The molecule has 0 N–H and O–H groups in total. The van der Waals surface area contributed by atoms with Crippen LogP contribution in [0.5, 0.6) is 5.75 Å². The topological polar surface area (TPSA) is 74.1 Å². The van der Waals surface area contributed by atoms with Gasteiger partial charge in [-0.15, -0.1) is 0 Å². The third kappa shape index (κ3) is 2.84. The first-order valence-corrected chi connectivity index (χ1v) is 8.23. The summed E-state index contributed by atoms with van der Waals surface area (Å²) >= 11 is 0. The van der Waals surface area contributed by atoms with Gasteiger partial charge in [0.2, 0.25) is 5.95 Å². The van der Waals surface area contributed by atoms with E-state index in [1.54, 1.807) is 0 Å². The van der Waals surface area contributed by atoms with Crippen LogP contribution in [0, 0.1) is 17.6 Å². The normalized spacial score (nSPS) is 11.5. The number of aromatic nitrogens is 3. The number of ether oxygens (including phenoxy) is 1. The van der Waals surface area contributed by atoms with Gasteiger partial charge in [-0.3, -0.25) is 0 Å². The number of rotatable bonds is 4. The minimum absolute atomic E-state index is 0.345. The average Bonchev–Trinajstić information content (AvgIpc) is 2.98. The fraction of sp³-hybridized carbons (Fsp3) is 0.0667. The number of hydrogen-bond donors (Lipinski definition) is 0. The lowest BCUT2D eigenvalue weighted by atomic mass is 10.2. The minimum Gasteiger partial charge on any atom is -0.494 e. The maximum Gasteiger partial charge on any atom is 0.285 e. The first kappa shape index (κ1) is 17.0. The highest BCUT2D eigenvalue weighted by Gasteiger charge is 2.27. The van der Waals surface area contributed by atoms with E-state index in [0.717, 1.165) is 31.6 Å². The van der Waals surface area contributed by atoms with Crippen molar-refractivity contribution in [2.45, 2.75) is 5.03 Å². The van der Waals surface area contributed by atoms with Crippen LogP contribution in [-0.4, -0.2) is 29.5 Å². The molecule has 0 fully saturated rings. The lowest BCUT2D eigenvalue weighted by molar-refractivity contribution is 0.382. The van der Waals surface area contributed by atoms with Gasteiger partial charge >= 0.3 is 0 Å². The average molecular weight is 369 g/mol. The molecular weight excluding hydrogens is 359 g/mol. The van der Waals surface area contributed by atoms with E-state index in [-0.39, 0.29) is 11.3 Å². The Morgan fingerprint density at radius 1 is 1.12 bits per heavy atom. The fourth-order valence-corrected chi connectivity index (χ4v) is 3.49. The van der Waals surface area contributed by atoms with Crippen molar-refractivity contribution in [3.05, 3.63) is 60.4 Å². The number of halogens is 3. The highest BCUT2D eigenvalue weighted by atomic mass is 32.2. The third-order valence-corrected chi connectivity index (χ3v) is 4.93.